The minimum atomic E-state index is -3.96. The third kappa shape index (κ3) is 11.3. The van der Waals surface area contributed by atoms with Crippen LogP contribution in [-0.4, -0.2) is 63.6 Å². The van der Waals surface area contributed by atoms with Crippen LogP contribution in [-0.2, 0) is 43.8 Å². The van der Waals surface area contributed by atoms with E-state index in [4.69, 9.17) is 9.57 Å². The molecule has 1 heterocycles. The molecule has 0 bridgehead atoms. The van der Waals surface area contributed by atoms with E-state index in [2.05, 4.69) is 15.5 Å². The summed E-state index contributed by atoms with van der Waals surface area (Å²) in [6.45, 7) is 1.81. The van der Waals surface area contributed by atoms with E-state index in [0.717, 1.165) is 22.1 Å². The van der Waals surface area contributed by atoms with Gasteiger partial charge >= 0.3 is 6.03 Å². The number of sulfonamides is 1. The van der Waals surface area contributed by atoms with Crippen LogP contribution in [0.1, 0.15) is 23.1 Å². The van der Waals surface area contributed by atoms with Crippen molar-refractivity contribution in [3.63, 3.8) is 0 Å². The number of nitrogens with one attached hydrogen (secondary N) is 3. The second-order valence-corrected chi connectivity index (χ2v) is 11.7. The second-order valence-electron chi connectivity index (χ2n) is 10.2. The molecule has 0 aromatic heterocycles. The molecule has 0 radical (unpaired) electrons. The summed E-state index contributed by atoms with van der Waals surface area (Å²) in [5.74, 6) is -0.418. The van der Waals surface area contributed by atoms with Crippen LogP contribution in [0.2, 0.25) is 0 Å². The fourth-order valence-electron chi connectivity index (χ4n) is 4.53. The average molecular weight is 607 g/mol. The Morgan fingerprint density at radius 1 is 0.837 bits per heavy atom. The number of nitrogens with zero attached hydrogens (tertiary/aromatic N) is 1. The van der Waals surface area contributed by atoms with Crippen LogP contribution in [0.3, 0.4) is 0 Å². The van der Waals surface area contributed by atoms with E-state index >= 15 is 0 Å². The third-order valence-electron chi connectivity index (χ3n) is 6.86. The molecule has 0 saturated carbocycles. The molecular formula is C32H38N4O6S. The van der Waals surface area contributed by atoms with Gasteiger partial charge in [-0.05, 0) is 35.6 Å². The van der Waals surface area contributed by atoms with Crippen molar-refractivity contribution in [2.24, 2.45) is 0 Å². The first-order valence-electron chi connectivity index (χ1n) is 14.2. The second kappa shape index (κ2) is 16.6. The predicted octanol–water partition coefficient (Wildman–Crippen LogP) is 3.32. The zero-order chi connectivity index (χ0) is 30.3. The van der Waals surface area contributed by atoms with Crippen molar-refractivity contribution in [2.45, 2.75) is 38.0 Å². The van der Waals surface area contributed by atoms with Gasteiger partial charge in [0.25, 0.3) is 10.0 Å². The number of amides is 3. The van der Waals surface area contributed by atoms with Gasteiger partial charge in [0.05, 0.1) is 19.8 Å². The van der Waals surface area contributed by atoms with E-state index in [9.17, 15) is 18.0 Å². The van der Waals surface area contributed by atoms with Gasteiger partial charge in [-0.3, -0.25) is 9.63 Å². The molecule has 2 atom stereocenters. The van der Waals surface area contributed by atoms with Gasteiger partial charge in [0, 0.05) is 31.0 Å². The maximum absolute atomic E-state index is 13.6. The standard InChI is InChI=1S/C32H38N4O6S/c37-31(30(24-27-12-6-2-7-13-27)34-32(38)36-19-21-41-22-20-36)33-29(17-16-26-10-4-1-5-11-26)18-23-43(39,40)35-42-25-28-14-8-3-9-15-28/h1-15,18,23,29-30,35H,16-17,19-22,24-25H2,(H,33,37)(H,34,38)/b23-18+/t29-,30-/m0/s1. The number of carbonyl (C=O) groups is 2. The Hall–Kier alpha value is -4.03. The molecule has 3 N–H and O–H groups in total. The van der Waals surface area contributed by atoms with Gasteiger partial charge < -0.3 is 20.3 Å². The summed E-state index contributed by atoms with van der Waals surface area (Å²) in [5.41, 5.74) is 2.73. The highest BCUT2D eigenvalue weighted by Crippen LogP contribution is 2.10. The molecule has 3 amide bonds. The Bertz CT molecular complexity index is 1420. The number of benzene rings is 3. The monoisotopic (exact) mass is 606 g/mol. The molecule has 1 aliphatic rings. The number of carbonyl (C=O) groups excluding carboxylic acids is 2. The summed E-state index contributed by atoms with van der Waals surface area (Å²) >= 11 is 0. The molecule has 10 nitrogen and oxygen atoms in total. The molecule has 228 valence electrons. The third-order valence-corrected chi connectivity index (χ3v) is 7.72. The lowest BCUT2D eigenvalue weighted by atomic mass is 10.0. The van der Waals surface area contributed by atoms with Crippen molar-refractivity contribution in [3.8, 4) is 0 Å². The van der Waals surface area contributed by atoms with Gasteiger partial charge in [0.15, 0.2) is 0 Å². The molecule has 0 spiro atoms. The first kappa shape index (κ1) is 31.9. The molecule has 43 heavy (non-hydrogen) atoms. The van der Waals surface area contributed by atoms with E-state index in [0.29, 0.717) is 39.1 Å². The molecule has 1 saturated heterocycles. The lowest BCUT2D eigenvalue weighted by molar-refractivity contribution is -0.123. The lowest BCUT2D eigenvalue weighted by Crippen LogP contribution is -2.55. The van der Waals surface area contributed by atoms with E-state index in [-0.39, 0.29) is 19.1 Å². The zero-order valence-corrected chi connectivity index (χ0v) is 24.7. The Kier molecular flexibility index (Phi) is 12.3. The maximum Gasteiger partial charge on any atom is 0.318 e. The Balaban J connectivity index is 1.45. The van der Waals surface area contributed by atoms with E-state index < -0.39 is 28.0 Å². The summed E-state index contributed by atoms with van der Waals surface area (Å²) < 4.78 is 30.7. The van der Waals surface area contributed by atoms with Gasteiger partial charge in [-0.2, -0.15) is 0 Å². The quantitative estimate of drug-likeness (QED) is 0.242. The first-order chi connectivity index (χ1) is 20.9. The number of urea groups is 1. The molecular weight excluding hydrogens is 568 g/mol. The first-order valence-corrected chi connectivity index (χ1v) is 15.8. The van der Waals surface area contributed by atoms with Crippen LogP contribution in [0.4, 0.5) is 4.79 Å². The Morgan fingerprint density at radius 2 is 1.42 bits per heavy atom. The molecule has 1 aliphatic heterocycles. The van der Waals surface area contributed by atoms with E-state index in [1.54, 1.807) is 4.90 Å². The smallest absolute Gasteiger partial charge is 0.318 e. The Labute approximate surface area is 253 Å². The van der Waals surface area contributed by atoms with Crippen molar-refractivity contribution in [1.82, 2.24) is 20.4 Å². The van der Waals surface area contributed by atoms with Crippen molar-refractivity contribution >= 4 is 22.0 Å². The number of hydrogen-bond donors (Lipinski definition) is 3. The number of ether oxygens (including phenoxy) is 1. The summed E-state index contributed by atoms with van der Waals surface area (Å²) in [5, 5.41) is 6.82. The molecule has 4 rings (SSSR count). The summed E-state index contributed by atoms with van der Waals surface area (Å²) in [4.78, 5) is 35.6. The van der Waals surface area contributed by atoms with Crippen LogP contribution in [0.25, 0.3) is 0 Å². The molecule has 0 aliphatic carbocycles. The van der Waals surface area contributed by atoms with Gasteiger partial charge in [-0.1, -0.05) is 95.9 Å². The number of hydrogen-bond acceptors (Lipinski definition) is 6. The van der Waals surface area contributed by atoms with Crippen LogP contribution in [0.15, 0.2) is 102 Å². The molecule has 0 unspecified atom stereocenters. The minimum Gasteiger partial charge on any atom is -0.378 e. The fraction of sp³-hybridized carbons (Fsp3) is 0.312. The SMILES string of the molecule is O=C(N[C@H](/C=C/S(=O)(=O)NOCc1ccccc1)CCc1ccccc1)[C@H](Cc1ccccc1)NC(=O)N1CCOCC1. The predicted molar refractivity (Wildman–Crippen MR) is 164 cm³/mol. The number of morpholine rings is 1. The summed E-state index contributed by atoms with van der Waals surface area (Å²) in [6.07, 6.45) is 2.73. The number of aryl methyl sites for hydroxylation is 1. The van der Waals surface area contributed by atoms with Gasteiger partial charge in [0.2, 0.25) is 5.91 Å². The summed E-state index contributed by atoms with van der Waals surface area (Å²) in [6, 6.07) is 26.4. The van der Waals surface area contributed by atoms with Crippen molar-refractivity contribution < 1.29 is 27.6 Å². The molecule has 3 aromatic carbocycles. The highest BCUT2D eigenvalue weighted by atomic mass is 32.2. The van der Waals surface area contributed by atoms with Crippen LogP contribution < -0.4 is 15.5 Å². The van der Waals surface area contributed by atoms with E-state index in [1.807, 2.05) is 91.0 Å². The normalized spacial score (nSPS) is 15.1. The highest BCUT2D eigenvalue weighted by molar-refractivity contribution is 7.92. The Morgan fingerprint density at radius 3 is 2.05 bits per heavy atom. The van der Waals surface area contributed by atoms with Gasteiger partial charge in [-0.25, -0.2) is 13.2 Å². The van der Waals surface area contributed by atoms with E-state index in [1.165, 1.54) is 6.08 Å². The molecule has 3 aromatic rings. The van der Waals surface area contributed by atoms with Crippen LogP contribution >= 0.6 is 0 Å². The van der Waals surface area contributed by atoms with Gasteiger partial charge in [-0.15, -0.1) is 0 Å². The molecule has 1 fully saturated rings. The fourth-order valence-corrected chi connectivity index (χ4v) is 5.20. The average Bonchev–Trinajstić information content (AvgIpc) is 3.04. The van der Waals surface area contributed by atoms with Crippen molar-refractivity contribution in [1.29, 1.82) is 0 Å². The topological polar surface area (TPSA) is 126 Å². The molecule has 11 heteroatoms. The van der Waals surface area contributed by atoms with Gasteiger partial charge in [0.1, 0.15) is 6.04 Å². The number of rotatable bonds is 14. The van der Waals surface area contributed by atoms with Crippen molar-refractivity contribution in [3.05, 3.63) is 119 Å². The van der Waals surface area contributed by atoms with Crippen LogP contribution in [0, 0.1) is 0 Å². The zero-order valence-electron chi connectivity index (χ0n) is 23.9. The van der Waals surface area contributed by atoms with Crippen LogP contribution in [0.5, 0.6) is 0 Å². The maximum atomic E-state index is 13.6. The largest absolute Gasteiger partial charge is 0.378 e. The summed E-state index contributed by atoms with van der Waals surface area (Å²) in [7, 11) is -3.96. The van der Waals surface area contributed by atoms with Crippen molar-refractivity contribution in [2.75, 3.05) is 26.3 Å². The minimum absolute atomic E-state index is 0.0616. The lowest BCUT2D eigenvalue weighted by Gasteiger charge is -2.29. The highest BCUT2D eigenvalue weighted by Gasteiger charge is 2.26.